The van der Waals surface area contributed by atoms with Gasteiger partial charge in [0.25, 0.3) is 0 Å². The third-order valence-corrected chi connectivity index (χ3v) is 3.27. The molecule has 1 N–H and O–H groups in total. The van der Waals surface area contributed by atoms with E-state index in [1.165, 1.54) is 12.1 Å². The van der Waals surface area contributed by atoms with Gasteiger partial charge in [-0.15, -0.1) is 0 Å². The zero-order valence-electron chi connectivity index (χ0n) is 10.4. The van der Waals surface area contributed by atoms with E-state index >= 15 is 0 Å². The molecule has 0 bridgehead atoms. The standard InChI is InChI=1S/C13H18F3NS/c1-18-10-6-2-5-9-17-12-8-4-3-7-11(12)13(14,15)16/h3-4,7-8,17H,2,5-6,9-10H2,1H3. The Kier molecular flexibility index (Phi) is 6.39. The highest BCUT2D eigenvalue weighted by Gasteiger charge is 2.32. The number of halogens is 3. The highest BCUT2D eigenvalue weighted by molar-refractivity contribution is 7.98. The molecule has 0 saturated carbocycles. The maximum atomic E-state index is 12.7. The van der Waals surface area contributed by atoms with Crippen molar-refractivity contribution in [3.8, 4) is 0 Å². The molecule has 5 heteroatoms. The zero-order chi connectivity index (χ0) is 13.4. The fourth-order valence-corrected chi connectivity index (χ4v) is 2.15. The summed E-state index contributed by atoms with van der Waals surface area (Å²) in [6, 6.07) is 5.61. The number of para-hydroxylation sites is 1. The molecule has 0 heterocycles. The number of thioether (sulfide) groups is 1. The van der Waals surface area contributed by atoms with Gasteiger partial charge in [0.1, 0.15) is 0 Å². The normalized spacial score (nSPS) is 11.6. The Morgan fingerprint density at radius 2 is 1.83 bits per heavy atom. The molecule has 18 heavy (non-hydrogen) atoms. The minimum Gasteiger partial charge on any atom is -0.385 e. The predicted octanol–water partition coefficient (Wildman–Crippen LogP) is 4.65. The van der Waals surface area contributed by atoms with Crippen LogP contribution in [0.25, 0.3) is 0 Å². The third kappa shape index (κ3) is 5.21. The van der Waals surface area contributed by atoms with Crippen molar-refractivity contribution >= 4 is 17.4 Å². The van der Waals surface area contributed by atoms with Crippen LogP contribution in [0.5, 0.6) is 0 Å². The lowest BCUT2D eigenvalue weighted by molar-refractivity contribution is -0.136. The first-order valence-corrected chi connectivity index (χ1v) is 7.34. The van der Waals surface area contributed by atoms with Gasteiger partial charge in [0.15, 0.2) is 0 Å². The van der Waals surface area contributed by atoms with Crippen LogP contribution >= 0.6 is 11.8 Å². The number of anilines is 1. The van der Waals surface area contributed by atoms with Gasteiger partial charge in [0, 0.05) is 12.2 Å². The SMILES string of the molecule is CSCCCCCNc1ccccc1C(F)(F)F. The van der Waals surface area contributed by atoms with E-state index in [4.69, 9.17) is 0 Å². The quantitative estimate of drug-likeness (QED) is 0.728. The van der Waals surface area contributed by atoms with Crippen molar-refractivity contribution in [2.24, 2.45) is 0 Å². The van der Waals surface area contributed by atoms with Gasteiger partial charge in [0.05, 0.1) is 5.56 Å². The van der Waals surface area contributed by atoms with E-state index in [-0.39, 0.29) is 5.69 Å². The van der Waals surface area contributed by atoms with Crippen molar-refractivity contribution in [3.05, 3.63) is 29.8 Å². The van der Waals surface area contributed by atoms with Crippen LogP contribution in [0.15, 0.2) is 24.3 Å². The minimum atomic E-state index is -4.29. The molecule has 1 rings (SSSR count). The summed E-state index contributed by atoms with van der Waals surface area (Å²) in [6.07, 6.45) is 0.818. The topological polar surface area (TPSA) is 12.0 Å². The molecule has 1 aromatic rings. The van der Waals surface area contributed by atoms with Crippen LogP contribution in [0.1, 0.15) is 24.8 Å². The summed E-state index contributed by atoms with van der Waals surface area (Å²) in [4.78, 5) is 0. The van der Waals surface area contributed by atoms with Crippen LogP contribution in [0.3, 0.4) is 0 Å². The number of benzene rings is 1. The van der Waals surface area contributed by atoms with E-state index in [0.717, 1.165) is 31.1 Å². The van der Waals surface area contributed by atoms with Crippen molar-refractivity contribution < 1.29 is 13.2 Å². The van der Waals surface area contributed by atoms with Gasteiger partial charge in [-0.3, -0.25) is 0 Å². The van der Waals surface area contributed by atoms with Crippen molar-refractivity contribution in [1.29, 1.82) is 0 Å². The first-order chi connectivity index (χ1) is 8.55. The number of unbranched alkanes of at least 4 members (excludes halogenated alkanes) is 2. The lowest BCUT2D eigenvalue weighted by Gasteiger charge is -2.14. The largest absolute Gasteiger partial charge is 0.418 e. The highest BCUT2D eigenvalue weighted by atomic mass is 32.2. The van der Waals surface area contributed by atoms with Gasteiger partial charge < -0.3 is 5.32 Å². The van der Waals surface area contributed by atoms with E-state index in [9.17, 15) is 13.2 Å². The van der Waals surface area contributed by atoms with Gasteiger partial charge >= 0.3 is 6.18 Å². The number of nitrogens with one attached hydrogen (secondary N) is 1. The third-order valence-electron chi connectivity index (χ3n) is 2.57. The van der Waals surface area contributed by atoms with Gasteiger partial charge in [-0.1, -0.05) is 18.6 Å². The van der Waals surface area contributed by atoms with Crippen LogP contribution in [-0.2, 0) is 6.18 Å². The predicted molar refractivity (Wildman–Crippen MR) is 72.2 cm³/mol. The first kappa shape index (κ1) is 15.2. The second-order valence-electron chi connectivity index (χ2n) is 4.02. The summed E-state index contributed by atoms with van der Waals surface area (Å²) in [5.74, 6) is 1.11. The average molecular weight is 277 g/mol. The molecule has 0 saturated heterocycles. The lowest BCUT2D eigenvalue weighted by atomic mass is 10.1. The zero-order valence-corrected chi connectivity index (χ0v) is 11.2. The summed E-state index contributed by atoms with van der Waals surface area (Å²) >= 11 is 1.79. The molecule has 0 aromatic heterocycles. The number of hydrogen-bond donors (Lipinski definition) is 1. The summed E-state index contributed by atoms with van der Waals surface area (Å²) < 4.78 is 38.0. The van der Waals surface area contributed by atoms with Gasteiger partial charge in [-0.25, -0.2) is 0 Å². The molecule has 0 aliphatic carbocycles. The number of hydrogen-bond acceptors (Lipinski definition) is 2. The molecule has 1 aromatic carbocycles. The molecule has 0 spiro atoms. The lowest BCUT2D eigenvalue weighted by Crippen LogP contribution is -2.11. The van der Waals surface area contributed by atoms with Crippen LogP contribution < -0.4 is 5.32 Å². The van der Waals surface area contributed by atoms with Gasteiger partial charge in [-0.05, 0) is 37.0 Å². The Morgan fingerprint density at radius 3 is 2.50 bits per heavy atom. The van der Waals surface area contributed by atoms with E-state index < -0.39 is 11.7 Å². The fourth-order valence-electron chi connectivity index (χ4n) is 1.66. The molecule has 0 amide bonds. The Labute approximate surface area is 110 Å². The maximum absolute atomic E-state index is 12.7. The van der Waals surface area contributed by atoms with Gasteiger partial charge in [-0.2, -0.15) is 24.9 Å². The van der Waals surface area contributed by atoms with Crippen molar-refractivity contribution in [3.63, 3.8) is 0 Å². The molecule has 0 radical (unpaired) electrons. The van der Waals surface area contributed by atoms with Crippen LogP contribution in [0.2, 0.25) is 0 Å². The Morgan fingerprint density at radius 1 is 1.11 bits per heavy atom. The summed E-state index contributed by atoms with van der Waals surface area (Å²) in [7, 11) is 0. The Hall–Kier alpha value is -0.840. The Bertz CT molecular complexity index is 352. The molecule has 0 atom stereocenters. The van der Waals surface area contributed by atoms with Crippen LogP contribution in [-0.4, -0.2) is 18.6 Å². The number of alkyl halides is 3. The molecule has 0 fully saturated rings. The van der Waals surface area contributed by atoms with Crippen molar-refractivity contribution in [1.82, 2.24) is 0 Å². The molecule has 0 aliphatic rings. The summed E-state index contributed by atoms with van der Waals surface area (Å²) in [5, 5.41) is 2.87. The molecular formula is C13H18F3NS. The summed E-state index contributed by atoms with van der Waals surface area (Å²) in [5.41, 5.74) is -0.413. The smallest absolute Gasteiger partial charge is 0.385 e. The van der Waals surface area contributed by atoms with Crippen LogP contribution in [0.4, 0.5) is 18.9 Å². The molecule has 0 unspecified atom stereocenters. The van der Waals surface area contributed by atoms with E-state index in [1.807, 2.05) is 0 Å². The van der Waals surface area contributed by atoms with E-state index in [0.29, 0.717) is 6.54 Å². The average Bonchev–Trinajstić information content (AvgIpc) is 2.33. The van der Waals surface area contributed by atoms with Crippen LogP contribution in [0, 0.1) is 0 Å². The minimum absolute atomic E-state index is 0.176. The summed E-state index contributed by atoms with van der Waals surface area (Å²) in [6.45, 7) is 0.585. The highest BCUT2D eigenvalue weighted by Crippen LogP contribution is 2.34. The fraction of sp³-hybridized carbons (Fsp3) is 0.538. The molecule has 102 valence electrons. The maximum Gasteiger partial charge on any atom is 0.418 e. The number of rotatable bonds is 7. The monoisotopic (exact) mass is 277 g/mol. The van der Waals surface area contributed by atoms with Gasteiger partial charge in [0.2, 0.25) is 0 Å². The second kappa shape index (κ2) is 7.56. The second-order valence-corrected chi connectivity index (χ2v) is 5.01. The first-order valence-electron chi connectivity index (χ1n) is 5.94. The van der Waals surface area contributed by atoms with E-state index in [1.54, 1.807) is 17.8 Å². The molecule has 0 aliphatic heterocycles. The molecule has 1 nitrogen and oxygen atoms in total. The van der Waals surface area contributed by atoms with Crippen molar-refractivity contribution in [2.45, 2.75) is 25.4 Å². The molecular weight excluding hydrogens is 259 g/mol. The van der Waals surface area contributed by atoms with E-state index in [2.05, 4.69) is 11.6 Å². The van der Waals surface area contributed by atoms with Crippen molar-refractivity contribution in [2.75, 3.05) is 23.9 Å². The Balaban J connectivity index is 2.43.